The summed E-state index contributed by atoms with van der Waals surface area (Å²) in [6, 6.07) is 0. The summed E-state index contributed by atoms with van der Waals surface area (Å²) in [5, 5.41) is 0. The van der Waals surface area contributed by atoms with Gasteiger partial charge < -0.3 is 4.42 Å². The predicted octanol–water partition coefficient (Wildman–Crippen LogP) is 2.43. The molecule has 0 spiro atoms. The highest BCUT2D eigenvalue weighted by atomic mass is 32.1. The van der Waals surface area contributed by atoms with Crippen LogP contribution in [0.4, 0.5) is 0 Å². The van der Waals surface area contributed by atoms with E-state index >= 15 is 0 Å². The van der Waals surface area contributed by atoms with Crippen LogP contribution in [-0.2, 0) is 10.2 Å². The van der Waals surface area contributed by atoms with E-state index in [1.54, 1.807) is 0 Å². The molecule has 0 saturated heterocycles. The standard InChI is InChI=1S/C10H17NO2S/c1-9(2,3)7-6(10(4,5)14)11-8(12)13-7/h14H,1-5H3,(H,11,12). The monoisotopic (exact) mass is 215 g/mol. The molecule has 0 aliphatic rings. The molecule has 4 heteroatoms. The summed E-state index contributed by atoms with van der Waals surface area (Å²) < 4.78 is 4.75. The Morgan fingerprint density at radius 3 is 2.00 bits per heavy atom. The van der Waals surface area contributed by atoms with E-state index in [1.807, 2.05) is 34.6 Å². The van der Waals surface area contributed by atoms with Crippen LogP contribution in [-0.4, -0.2) is 4.98 Å². The van der Waals surface area contributed by atoms with Crippen LogP contribution in [0.15, 0.2) is 9.21 Å². The fourth-order valence-corrected chi connectivity index (χ4v) is 1.44. The molecular weight excluding hydrogens is 198 g/mol. The Morgan fingerprint density at radius 1 is 1.21 bits per heavy atom. The zero-order chi connectivity index (χ0) is 11.1. The van der Waals surface area contributed by atoms with E-state index in [9.17, 15) is 4.79 Å². The number of oxazole rings is 1. The first-order valence-corrected chi connectivity index (χ1v) is 5.03. The normalized spacial score (nSPS) is 13.3. The lowest BCUT2D eigenvalue weighted by molar-refractivity contribution is 0.382. The molecule has 1 rings (SSSR count). The van der Waals surface area contributed by atoms with Crippen molar-refractivity contribution in [3.8, 4) is 0 Å². The Bertz CT molecular complexity index is 342. The van der Waals surface area contributed by atoms with Crippen molar-refractivity contribution in [1.82, 2.24) is 4.98 Å². The molecule has 0 atom stereocenters. The van der Waals surface area contributed by atoms with E-state index in [0.29, 0.717) is 5.76 Å². The SMILES string of the molecule is CC(C)(C)c1oc(=O)[nH]c1C(C)(C)S. The molecule has 0 saturated carbocycles. The third kappa shape index (κ3) is 2.23. The van der Waals surface area contributed by atoms with E-state index < -0.39 is 10.5 Å². The second-order valence-corrected chi connectivity index (χ2v) is 6.15. The summed E-state index contributed by atoms with van der Waals surface area (Å²) >= 11 is 4.43. The van der Waals surface area contributed by atoms with Crippen molar-refractivity contribution >= 4 is 12.6 Å². The second kappa shape index (κ2) is 3.19. The molecule has 0 unspecified atom stereocenters. The van der Waals surface area contributed by atoms with Gasteiger partial charge in [-0.2, -0.15) is 12.6 Å². The number of aromatic amines is 1. The van der Waals surface area contributed by atoms with Crippen molar-refractivity contribution in [2.75, 3.05) is 0 Å². The number of aromatic nitrogens is 1. The number of rotatable bonds is 1. The molecule has 80 valence electrons. The van der Waals surface area contributed by atoms with Gasteiger partial charge in [0.15, 0.2) is 0 Å². The fourth-order valence-electron chi connectivity index (χ4n) is 1.29. The summed E-state index contributed by atoms with van der Waals surface area (Å²) in [5.41, 5.74) is 0.576. The Balaban J connectivity index is 3.38. The maximum absolute atomic E-state index is 11.1. The number of H-pyrrole nitrogens is 1. The van der Waals surface area contributed by atoms with Gasteiger partial charge in [0.1, 0.15) is 5.76 Å². The zero-order valence-electron chi connectivity index (χ0n) is 9.26. The Kier molecular flexibility index (Phi) is 2.61. The topological polar surface area (TPSA) is 46.0 Å². The summed E-state index contributed by atoms with van der Waals surface area (Å²) in [4.78, 5) is 13.8. The maximum atomic E-state index is 11.1. The molecule has 0 aliphatic heterocycles. The van der Waals surface area contributed by atoms with Gasteiger partial charge in [0.2, 0.25) is 0 Å². The third-order valence-corrected chi connectivity index (χ3v) is 2.17. The number of nitrogens with one attached hydrogen (secondary N) is 1. The summed E-state index contributed by atoms with van der Waals surface area (Å²) in [5.74, 6) is 0.273. The van der Waals surface area contributed by atoms with Crippen LogP contribution < -0.4 is 5.76 Å². The highest BCUT2D eigenvalue weighted by Gasteiger charge is 2.30. The van der Waals surface area contributed by atoms with E-state index in [2.05, 4.69) is 17.6 Å². The maximum Gasteiger partial charge on any atom is 0.416 e. The number of hydrogen-bond donors (Lipinski definition) is 2. The Labute approximate surface area is 89.3 Å². The minimum Gasteiger partial charge on any atom is -0.412 e. The van der Waals surface area contributed by atoms with Crippen LogP contribution in [0.25, 0.3) is 0 Å². The average Bonchev–Trinajstić information content (AvgIpc) is 2.27. The molecule has 14 heavy (non-hydrogen) atoms. The van der Waals surface area contributed by atoms with Gasteiger partial charge in [-0.1, -0.05) is 20.8 Å². The smallest absolute Gasteiger partial charge is 0.412 e. The zero-order valence-corrected chi connectivity index (χ0v) is 10.2. The molecule has 1 N–H and O–H groups in total. The predicted molar refractivity (Wildman–Crippen MR) is 60.0 cm³/mol. The summed E-state index contributed by atoms with van der Waals surface area (Å²) in [7, 11) is 0. The number of thiol groups is 1. The highest BCUT2D eigenvalue weighted by Crippen LogP contribution is 2.33. The molecule has 1 heterocycles. The molecule has 3 nitrogen and oxygen atoms in total. The Hall–Kier alpha value is -0.640. The van der Waals surface area contributed by atoms with Crippen molar-refractivity contribution in [3.05, 3.63) is 22.0 Å². The van der Waals surface area contributed by atoms with Gasteiger partial charge in [0.05, 0.1) is 10.4 Å². The van der Waals surface area contributed by atoms with E-state index in [4.69, 9.17) is 4.42 Å². The minimum absolute atomic E-state index is 0.186. The first-order valence-electron chi connectivity index (χ1n) is 4.59. The lowest BCUT2D eigenvalue weighted by atomic mass is 9.89. The van der Waals surface area contributed by atoms with Gasteiger partial charge in [-0.05, 0) is 13.8 Å². The van der Waals surface area contributed by atoms with Crippen molar-refractivity contribution in [1.29, 1.82) is 0 Å². The van der Waals surface area contributed by atoms with Crippen LogP contribution in [0, 0.1) is 0 Å². The van der Waals surface area contributed by atoms with Crippen LogP contribution in [0.3, 0.4) is 0 Å². The van der Waals surface area contributed by atoms with Crippen molar-refractivity contribution < 1.29 is 4.42 Å². The molecule has 0 fully saturated rings. The molecule has 0 aromatic carbocycles. The van der Waals surface area contributed by atoms with Crippen LogP contribution in [0.2, 0.25) is 0 Å². The van der Waals surface area contributed by atoms with Gasteiger partial charge in [-0.3, -0.25) is 4.98 Å². The van der Waals surface area contributed by atoms with Crippen LogP contribution in [0.1, 0.15) is 46.1 Å². The Morgan fingerprint density at radius 2 is 1.71 bits per heavy atom. The van der Waals surface area contributed by atoms with Crippen molar-refractivity contribution in [3.63, 3.8) is 0 Å². The molecule has 0 radical (unpaired) electrons. The van der Waals surface area contributed by atoms with E-state index in [-0.39, 0.29) is 5.41 Å². The van der Waals surface area contributed by atoms with Gasteiger partial charge in [0.25, 0.3) is 0 Å². The van der Waals surface area contributed by atoms with Gasteiger partial charge in [0, 0.05) is 5.41 Å². The minimum atomic E-state index is -0.410. The molecular formula is C10H17NO2S. The van der Waals surface area contributed by atoms with Gasteiger partial charge >= 0.3 is 5.76 Å². The van der Waals surface area contributed by atoms with Crippen LogP contribution >= 0.6 is 12.6 Å². The number of hydrogen-bond acceptors (Lipinski definition) is 3. The van der Waals surface area contributed by atoms with Crippen molar-refractivity contribution in [2.45, 2.75) is 44.8 Å². The highest BCUT2D eigenvalue weighted by molar-refractivity contribution is 7.81. The van der Waals surface area contributed by atoms with Gasteiger partial charge in [-0.15, -0.1) is 0 Å². The molecule has 1 aromatic rings. The van der Waals surface area contributed by atoms with Gasteiger partial charge in [-0.25, -0.2) is 4.79 Å². The largest absolute Gasteiger partial charge is 0.416 e. The summed E-state index contributed by atoms with van der Waals surface area (Å²) in [6.45, 7) is 9.85. The van der Waals surface area contributed by atoms with Crippen LogP contribution in [0.5, 0.6) is 0 Å². The van der Waals surface area contributed by atoms with E-state index in [1.165, 1.54) is 0 Å². The first kappa shape index (κ1) is 11.4. The fraction of sp³-hybridized carbons (Fsp3) is 0.700. The lowest BCUT2D eigenvalue weighted by Gasteiger charge is -2.22. The van der Waals surface area contributed by atoms with Crippen molar-refractivity contribution in [2.24, 2.45) is 0 Å². The lowest BCUT2D eigenvalue weighted by Crippen LogP contribution is -2.19. The third-order valence-electron chi connectivity index (χ3n) is 1.94. The second-order valence-electron chi connectivity index (χ2n) is 5.03. The average molecular weight is 215 g/mol. The molecule has 0 aliphatic carbocycles. The van der Waals surface area contributed by atoms with E-state index in [0.717, 1.165) is 5.69 Å². The molecule has 0 bridgehead atoms. The molecule has 0 amide bonds. The molecule has 1 aromatic heterocycles. The first-order chi connectivity index (χ1) is 6.12. The quantitative estimate of drug-likeness (QED) is 0.707. The summed E-state index contributed by atoms with van der Waals surface area (Å²) in [6.07, 6.45) is 0.